The molecule has 1 aromatic heterocycles. The van der Waals surface area contributed by atoms with Crippen molar-refractivity contribution in [1.29, 1.82) is 0 Å². The monoisotopic (exact) mass is 201 g/mol. The fraction of sp³-hybridized carbons (Fsp3) is 0.0833. The van der Waals surface area contributed by atoms with Crippen LogP contribution < -0.4 is 0 Å². The van der Waals surface area contributed by atoms with Crippen LogP contribution in [-0.2, 0) is 0 Å². The average molecular weight is 201 g/mol. The Morgan fingerprint density at radius 1 is 1.29 bits per heavy atom. The van der Waals surface area contributed by atoms with Gasteiger partial charge in [0.25, 0.3) is 0 Å². The molecule has 0 saturated heterocycles. The number of aromatic nitrogens is 1. The van der Waals surface area contributed by atoms with Crippen LogP contribution in [0.15, 0.2) is 42.6 Å². The number of thiol groups is 1. The molecule has 0 aliphatic heterocycles. The Bertz CT molecular complexity index is 463. The molecule has 70 valence electrons. The van der Waals surface area contributed by atoms with Crippen molar-refractivity contribution in [2.75, 3.05) is 5.75 Å². The van der Waals surface area contributed by atoms with E-state index in [0.29, 0.717) is 0 Å². The standard InChI is InChI=1S/C12H11NS/c14-8-2-3-10-5-6-11-4-1-7-13-12(11)9-10/h1-7,9,14H,8H2. The van der Waals surface area contributed by atoms with Crippen LogP contribution >= 0.6 is 12.6 Å². The summed E-state index contributed by atoms with van der Waals surface area (Å²) in [5.74, 6) is 0.764. The maximum absolute atomic E-state index is 4.30. The van der Waals surface area contributed by atoms with E-state index in [0.717, 1.165) is 11.3 Å². The van der Waals surface area contributed by atoms with Crippen LogP contribution in [0.3, 0.4) is 0 Å². The first-order chi connectivity index (χ1) is 6.90. The molecule has 1 heterocycles. The summed E-state index contributed by atoms with van der Waals surface area (Å²) in [5.41, 5.74) is 2.21. The molecule has 0 bridgehead atoms. The minimum absolute atomic E-state index is 0.764. The molecule has 0 fully saturated rings. The van der Waals surface area contributed by atoms with E-state index in [9.17, 15) is 0 Å². The molecule has 0 saturated carbocycles. The molecule has 0 atom stereocenters. The summed E-state index contributed by atoms with van der Waals surface area (Å²) in [7, 11) is 0. The highest BCUT2D eigenvalue weighted by Gasteiger charge is 1.93. The second kappa shape index (κ2) is 4.29. The van der Waals surface area contributed by atoms with Gasteiger partial charge in [-0.05, 0) is 17.7 Å². The van der Waals surface area contributed by atoms with Gasteiger partial charge in [0, 0.05) is 17.3 Å². The van der Waals surface area contributed by atoms with Crippen molar-refractivity contribution in [3.05, 3.63) is 48.2 Å². The molecule has 0 unspecified atom stereocenters. The summed E-state index contributed by atoms with van der Waals surface area (Å²) in [4.78, 5) is 4.30. The molecule has 14 heavy (non-hydrogen) atoms. The fourth-order valence-electron chi connectivity index (χ4n) is 1.38. The molecule has 0 aliphatic rings. The second-order valence-electron chi connectivity index (χ2n) is 3.04. The van der Waals surface area contributed by atoms with Crippen molar-refractivity contribution in [1.82, 2.24) is 4.98 Å². The Labute approximate surface area is 88.9 Å². The minimum atomic E-state index is 0.764. The van der Waals surface area contributed by atoms with Crippen molar-refractivity contribution in [3.63, 3.8) is 0 Å². The predicted octanol–water partition coefficient (Wildman–Crippen LogP) is 3.18. The lowest BCUT2D eigenvalue weighted by molar-refractivity contribution is 1.41. The van der Waals surface area contributed by atoms with Gasteiger partial charge in [0.2, 0.25) is 0 Å². The van der Waals surface area contributed by atoms with Gasteiger partial charge in [-0.2, -0.15) is 12.6 Å². The van der Waals surface area contributed by atoms with E-state index in [1.165, 1.54) is 10.9 Å². The predicted molar refractivity (Wildman–Crippen MR) is 64.6 cm³/mol. The van der Waals surface area contributed by atoms with E-state index < -0.39 is 0 Å². The normalized spacial score (nSPS) is 11.2. The summed E-state index contributed by atoms with van der Waals surface area (Å²) in [6.45, 7) is 0. The summed E-state index contributed by atoms with van der Waals surface area (Å²) in [5, 5.41) is 1.18. The zero-order valence-corrected chi connectivity index (χ0v) is 8.61. The van der Waals surface area contributed by atoms with E-state index >= 15 is 0 Å². The molecular weight excluding hydrogens is 190 g/mol. The maximum atomic E-state index is 4.30. The van der Waals surface area contributed by atoms with E-state index in [1.807, 2.05) is 18.3 Å². The van der Waals surface area contributed by atoms with E-state index in [2.05, 4.69) is 48.0 Å². The molecular formula is C12H11NS. The SMILES string of the molecule is SCC=Cc1ccc2cccnc2c1. The zero-order chi connectivity index (χ0) is 9.80. The molecule has 0 radical (unpaired) electrons. The molecule has 2 heteroatoms. The number of benzene rings is 1. The van der Waals surface area contributed by atoms with Gasteiger partial charge in [0.05, 0.1) is 5.52 Å². The molecule has 2 aromatic rings. The first-order valence-electron chi connectivity index (χ1n) is 4.52. The first kappa shape index (κ1) is 9.28. The van der Waals surface area contributed by atoms with Crippen molar-refractivity contribution < 1.29 is 0 Å². The maximum Gasteiger partial charge on any atom is 0.0707 e. The Hall–Kier alpha value is -1.28. The number of nitrogens with zero attached hydrogens (tertiary/aromatic N) is 1. The minimum Gasteiger partial charge on any atom is -0.256 e. The van der Waals surface area contributed by atoms with Crippen molar-refractivity contribution in [2.24, 2.45) is 0 Å². The number of rotatable bonds is 2. The Kier molecular flexibility index (Phi) is 2.84. The molecule has 0 aliphatic carbocycles. The lowest BCUT2D eigenvalue weighted by Gasteiger charge is -1.97. The van der Waals surface area contributed by atoms with Gasteiger partial charge < -0.3 is 0 Å². The summed E-state index contributed by atoms with van der Waals surface area (Å²) < 4.78 is 0. The topological polar surface area (TPSA) is 12.9 Å². The third-order valence-corrected chi connectivity index (χ3v) is 2.26. The largest absolute Gasteiger partial charge is 0.256 e. The third-order valence-electron chi connectivity index (χ3n) is 2.05. The molecule has 0 spiro atoms. The third kappa shape index (κ3) is 1.96. The molecule has 0 amide bonds. The van der Waals surface area contributed by atoms with Crippen molar-refractivity contribution in [2.45, 2.75) is 0 Å². The summed E-state index contributed by atoms with van der Waals surface area (Å²) >= 11 is 4.12. The smallest absolute Gasteiger partial charge is 0.0707 e. The van der Waals surface area contributed by atoms with Crippen LogP contribution in [0.1, 0.15) is 5.56 Å². The molecule has 2 rings (SSSR count). The van der Waals surface area contributed by atoms with Gasteiger partial charge in [-0.25, -0.2) is 0 Å². The Morgan fingerprint density at radius 2 is 2.21 bits per heavy atom. The molecule has 0 N–H and O–H groups in total. The molecule has 1 nitrogen and oxygen atoms in total. The van der Waals surface area contributed by atoms with Crippen molar-refractivity contribution in [3.8, 4) is 0 Å². The summed E-state index contributed by atoms with van der Waals surface area (Å²) in [6.07, 6.45) is 5.89. The average Bonchev–Trinajstić information content (AvgIpc) is 2.26. The zero-order valence-electron chi connectivity index (χ0n) is 7.72. The van der Waals surface area contributed by atoms with E-state index in [-0.39, 0.29) is 0 Å². The Morgan fingerprint density at radius 3 is 3.07 bits per heavy atom. The van der Waals surface area contributed by atoms with Crippen LogP contribution in [-0.4, -0.2) is 10.7 Å². The van der Waals surface area contributed by atoms with Gasteiger partial charge in [-0.15, -0.1) is 0 Å². The van der Waals surface area contributed by atoms with Crippen molar-refractivity contribution >= 4 is 29.6 Å². The van der Waals surface area contributed by atoms with Crippen LogP contribution in [0.5, 0.6) is 0 Å². The van der Waals surface area contributed by atoms with Gasteiger partial charge >= 0.3 is 0 Å². The second-order valence-corrected chi connectivity index (χ2v) is 3.41. The van der Waals surface area contributed by atoms with Gasteiger partial charge in [-0.3, -0.25) is 4.98 Å². The molecule has 1 aromatic carbocycles. The highest BCUT2D eigenvalue weighted by Crippen LogP contribution is 2.13. The van der Waals surface area contributed by atoms with E-state index in [4.69, 9.17) is 0 Å². The number of hydrogen-bond donors (Lipinski definition) is 1. The Balaban J connectivity index is 2.46. The highest BCUT2D eigenvalue weighted by atomic mass is 32.1. The van der Waals surface area contributed by atoms with Crippen LogP contribution in [0.2, 0.25) is 0 Å². The quantitative estimate of drug-likeness (QED) is 0.736. The fourth-order valence-corrected chi connectivity index (χ4v) is 1.48. The lowest BCUT2D eigenvalue weighted by atomic mass is 10.1. The van der Waals surface area contributed by atoms with E-state index in [1.54, 1.807) is 0 Å². The van der Waals surface area contributed by atoms with Crippen LogP contribution in [0, 0.1) is 0 Å². The summed E-state index contributed by atoms with van der Waals surface area (Å²) in [6, 6.07) is 10.3. The first-order valence-corrected chi connectivity index (χ1v) is 5.15. The van der Waals surface area contributed by atoms with Gasteiger partial charge in [0.1, 0.15) is 0 Å². The van der Waals surface area contributed by atoms with Gasteiger partial charge in [0.15, 0.2) is 0 Å². The van der Waals surface area contributed by atoms with Gasteiger partial charge in [-0.1, -0.05) is 30.4 Å². The van der Waals surface area contributed by atoms with Crippen LogP contribution in [0.25, 0.3) is 17.0 Å². The lowest BCUT2D eigenvalue weighted by Crippen LogP contribution is -1.78. The number of hydrogen-bond acceptors (Lipinski definition) is 2. The highest BCUT2D eigenvalue weighted by molar-refractivity contribution is 7.80. The number of fused-ring (bicyclic) bond motifs is 1. The number of pyridine rings is 1. The van der Waals surface area contributed by atoms with Crippen LogP contribution in [0.4, 0.5) is 0 Å².